The van der Waals surface area contributed by atoms with Gasteiger partial charge in [0.25, 0.3) is 0 Å². The number of aromatic nitrogens is 2. The summed E-state index contributed by atoms with van der Waals surface area (Å²) in [6, 6.07) is 1.75. The summed E-state index contributed by atoms with van der Waals surface area (Å²) in [6.07, 6.45) is 0.875. The van der Waals surface area contributed by atoms with Crippen LogP contribution in [0.5, 0.6) is 0 Å². The summed E-state index contributed by atoms with van der Waals surface area (Å²) in [5, 5.41) is 3.21. The molecular weight excluding hydrogens is 274 g/mol. The van der Waals surface area contributed by atoms with Crippen LogP contribution < -0.4 is 16.6 Å². The highest BCUT2D eigenvalue weighted by atomic mass is 16.5. The van der Waals surface area contributed by atoms with E-state index in [1.165, 1.54) is 0 Å². The van der Waals surface area contributed by atoms with Gasteiger partial charge in [0.15, 0.2) is 5.82 Å². The van der Waals surface area contributed by atoms with Crippen molar-refractivity contribution in [2.75, 3.05) is 50.8 Å². The Morgan fingerprint density at radius 3 is 2.67 bits per heavy atom. The summed E-state index contributed by atoms with van der Waals surface area (Å²) in [7, 11) is 1.66. The molecule has 1 heterocycles. The lowest BCUT2D eigenvalue weighted by molar-refractivity contribution is 0.0705. The van der Waals surface area contributed by atoms with Crippen molar-refractivity contribution in [2.45, 2.75) is 20.0 Å². The molecule has 0 spiro atoms. The van der Waals surface area contributed by atoms with Crippen molar-refractivity contribution >= 4 is 11.6 Å². The molecule has 8 heteroatoms. The van der Waals surface area contributed by atoms with Gasteiger partial charge in [0.05, 0.1) is 13.2 Å². The molecule has 0 bridgehead atoms. The molecule has 0 saturated heterocycles. The lowest BCUT2D eigenvalue weighted by Crippen LogP contribution is -2.14. The van der Waals surface area contributed by atoms with E-state index in [2.05, 4.69) is 20.7 Å². The van der Waals surface area contributed by atoms with Crippen LogP contribution in [0.3, 0.4) is 0 Å². The molecule has 0 saturated carbocycles. The minimum absolute atomic E-state index is 0.362. The molecule has 21 heavy (non-hydrogen) atoms. The van der Waals surface area contributed by atoms with Crippen molar-refractivity contribution in [3.05, 3.63) is 11.9 Å². The Morgan fingerprint density at radius 2 is 1.95 bits per heavy atom. The standard InChI is InChI=1S/C13H25N5O3/c1-3-20-10-13-16-11(9-12(17-13)18-14)15-5-4-6-21-8-7-19-2/h9H,3-8,10,14H2,1-2H3,(H2,15,16,17,18). The first-order chi connectivity index (χ1) is 10.3. The zero-order valence-electron chi connectivity index (χ0n) is 12.7. The fraction of sp³-hybridized carbons (Fsp3) is 0.692. The van der Waals surface area contributed by atoms with Gasteiger partial charge in [-0.25, -0.2) is 15.8 Å². The molecule has 0 radical (unpaired) electrons. The van der Waals surface area contributed by atoms with E-state index in [0.29, 0.717) is 50.5 Å². The number of nitrogen functional groups attached to an aromatic ring is 1. The number of hydrogen-bond acceptors (Lipinski definition) is 8. The second-order valence-corrected chi connectivity index (χ2v) is 4.22. The zero-order valence-corrected chi connectivity index (χ0v) is 12.7. The topological polar surface area (TPSA) is 104 Å². The number of nitrogens with zero attached hydrogens (tertiary/aromatic N) is 2. The van der Waals surface area contributed by atoms with E-state index in [4.69, 9.17) is 20.1 Å². The number of rotatable bonds is 12. The number of nitrogens with two attached hydrogens (primary N) is 1. The van der Waals surface area contributed by atoms with E-state index in [1.54, 1.807) is 13.2 Å². The molecule has 8 nitrogen and oxygen atoms in total. The largest absolute Gasteiger partial charge is 0.382 e. The van der Waals surface area contributed by atoms with Gasteiger partial charge in [-0.3, -0.25) is 0 Å². The summed E-state index contributed by atoms with van der Waals surface area (Å²) in [6.45, 7) is 5.56. The summed E-state index contributed by atoms with van der Waals surface area (Å²) in [5.74, 6) is 7.25. The fourth-order valence-corrected chi connectivity index (χ4v) is 1.55. The van der Waals surface area contributed by atoms with Gasteiger partial charge < -0.3 is 25.0 Å². The van der Waals surface area contributed by atoms with Crippen molar-refractivity contribution in [1.82, 2.24) is 9.97 Å². The highest BCUT2D eigenvalue weighted by Crippen LogP contribution is 2.11. The maximum atomic E-state index is 5.40. The summed E-state index contributed by atoms with van der Waals surface area (Å²) >= 11 is 0. The van der Waals surface area contributed by atoms with E-state index >= 15 is 0 Å². The second-order valence-electron chi connectivity index (χ2n) is 4.22. The molecular formula is C13H25N5O3. The summed E-state index contributed by atoms with van der Waals surface area (Å²) in [5.41, 5.74) is 2.52. The highest BCUT2D eigenvalue weighted by Gasteiger charge is 2.04. The van der Waals surface area contributed by atoms with Gasteiger partial charge in [-0.2, -0.15) is 0 Å². The van der Waals surface area contributed by atoms with Crippen molar-refractivity contribution in [2.24, 2.45) is 5.84 Å². The highest BCUT2D eigenvalue weighted by molar-refractivity contribution is 5.46. The third kappa shape index (κ3) is 7.76. The molecule has 1 rings (SSSR count). The number of hydrogen-bond donors (Lipinski definition) is 3. The first kappa shape index (κ1) is 17.6. The average molecular weight is 299 g/mol. The minimum Gasteiger partial charge on any atom is -0.382 e. The summed E-state index contributed by atoms with van der Waals surface area (Å²) in [4.78, 5) is 8.58. The lowest BCUT2D eigenvalue weighted by Gasteiger charge is -2.10. The smallest absolute Gasteiger partial charge is 0.158 e. The molecule has 0 aliphatic rings. The third-order valence-electron chi connectivity index (χ3n) is 2.56. The second kappa shape index (κ2) is 11.2. The van der Waals surface area contributed by atoms with Crippen LogP contribution in [0, 0.1) is 0 Å². The lowest BCUT2D eigenvalue weighted by atomic mass is 10.4. The summed E-state index contributed by atoms with van der Waals surface area (Å²) < 4.78 is 15.6. The fourth-order valence-electron chi connectivity index (χ4n) is 1.55. The van der Waals surface area contributed by atoms with Crippen LogP contribution in [0.1, 0.15) is 19.2 Å². The van der Waals surface area contributed by atoms with Crippen molar-refractivity contribution < 1.29 is 14.2 Å². The van der Waals surface area contributed by atoms with E-state index < -0.39 is 0 Å². The van der Waals surface area contributed by atoms with Gasteiger partial charge in [-0.05, 0) is 13.3 Å². The van der Waals surface area contributed by atoms with Gasteiger partial charge in [-0.15, -0.1) is 0 Å². The van der Waals surface area contributed by atoms with Gasteiger partial charge in [-0.1, -0.05) is 0 Å². The van der Waals surface area contributed by atoms with Crippen LogP contribution in [0.25, 0.3) is 0 Å². The van der Waals surface area contributed by atoms with E-state index in [1.807, 2.05) is 6.92 Å². The van der Waals surface area contributed by atoms with E-state index in [-0.39, 0.29) is 0 Å². The Balaban J connectivity index is 2.35. The Hall–Kier alpha value is -1.48. The number of methoxy groups -OCH3 is 1. The molecule has 0 atom stereocenters. The Bertz CT molecular complexity index is 392. The van der Waals surface area contributed by atoms with Crippen LogP contribution in [-0.4, -0.2) is 50.1 Å². The van der Waals surface area contributed by atoms with Crippen molar-refractivity contribution in [1.29, 1.82) is 0 Å². The van der Waals surface area contributed by atoms with Crippen LogP contribution in [0.4, 0.5) is 11.6 Å². The Kier molecular flexibility index (Phi) is 9.38. The molecule has 1 aromatic rings. The van der Waals surface area contributed by atoms with Gasteiger partial charge in [0.2, 0.25) is 0 Å². The minimum atomic E-state index is 0.362. The number of anilines is 2. The predicted octanol–water partition coefficient (Wildman–Crippen LogP) is 0.764. The SMILES string of the molecule is CCOCc1nc(NN)cc(NCCCOCCOC)n1. The molecule has 4 N–H and O–H groups in total. The molecule has 1 aromatic heterocycles. The molecule has 0 fully saturated rings. The number of ether oxygens (including phenoxy) is 3. The van der Waals surface area contributed by atoms with Crippen LogP contribution in [0.2, 0.25) is 0 Å². The van der Waals surface area contributed by atoms with Gasteiger partial charge in [0, 0.05) is 32.9 Å². The maximum Gasteiger partial charge on any atom is 0.158 e. The van der Waals surface area contributed by atoms with Crippen molar-refractivity contribution in [3.8, 4) is 0 Å². The Labute approximate surface area is 125 Å². The van der Waals surface area contributed by atoms with Crippen molar-refractivity contribution in [3.63, 3.8) is 0 Å². The molecule has 0 aliphatic carbocycles. The van der Waals surface area contributed by atoms with Crippen LogP contribution in [-0.2, 0) is 20.8 Å². The van der Waals surface area contributed by atoms with Crippen LogP contribution >= 0.6 is 0 Å². The molecule has 120 valence electrons. The first-order valence-electron chi connectivity index (χ1n) is 7.03. The Morgan fingerprint density at radius 1 is 1.14 bits per heavy atom. The molecule has 0 aliphatic heterocycles. The number of hydrazine groups is 1. The number of nitrogens with one attached hydrogen (secondary N) is 2. The van der Waals surface area contributed by atoms with Gasteiger partial charge >= 0.3 is 0 Å². The zero-order chi connectivity index (χ0) is 15.3. The van der Waals surface area contributed by atoms with Crippen LogP contribution in [0.15, 0.2) is 6.07 Å². The normalized spacial score (nSPS) is 10.6. The quantitative estimate of drug-likeness (QED) is 0.295. The third-order valence-corrected chi connectivity index (χ3v) is 2.56. The van der Waals surface area contributed by atoms with E-state index in [9.17, 15) is 0 Å². The molecule has 0 aromatic carbocycles. The van der Waals surface area contributed by atoms with E-state index in [0.717, 1.165) is 13.0 Å². The monoisotopic (exact) mass is 299 g/mol. The maximum absolute atomic E-state index is 5.40. The molecule has 0 unspecified atom stereocenters. The average Bonchev–Trinajstić information content (AvgIpc) is 2.51. The van der Waals surface area contributed by atoms with Gasteiger partial charge in [0.1, 0.15) is 18.2 Å². The first-order valence-corrected chi connectivity index (χ1v) is 7.03. The molecule has 0 amide bonds. The predicted molar refractivity (Wildman–Crippen MR) is 81.0 cm³/mol.